The second kappa shape index (κ2) is 2.31. The molecule has 46 valence electrons. The minimum Gasteiger partial charge on any atom is -0.471 e. The van der Waals surface area contributed by atoms with Gasteiger partial charge in [-0.25, -0.2) is 0 Å². The van der Waals surface area contributed by atoms with Crippen molar-refractivity contribution in [2.24, 2.45) is 0 Å². The molecule has 0 aliphatic carbocycles. The van der Waals surface area contributed by atoms with Crippen molar-refractivity contribution >= 4 is 17.4 Å². The van der Waals surface area contributed by atoms with Crippen LogP contribution in [-0.2, 0) is 4.74 Å². The van der Waals surface area contributed by atoms with E-state index in [0.717, 1.165) is 13.0 Å². The molecule has 0 saturated carbocycles. The highest BCUT2D eigenvalue weighted by atomic mass is 32.1. The van der Waals surface area contributed by atoms with Crippen LogP contribution in [0.3, 0.4) is 0 Å². The van der Waals surface area contributed by atoms with Gasteiger partial charge in [-0.05, 0) is 19.1 Å². The molecule has 1 N–H and O–H groups in total. The smallest absolute Gasteiger partial charge is 0.256 e. The summed E-state index contributed by atoms with van der Waals surface area (Å²) in [5, 5.41) is 3.53. The predicted molar refractivity (Wildman–Crippen MR) is 35.8 cm³/mol. The molecule has 1 heterocycles. The van der Waals surface area contributed by atoms with Crippen LogP contribution in [0.2, 0.25) is 0 Å². The molecular weight excluding hydrogens is 122 g/mol. The molecule has 1 fully saturated rings. The first-order chi connectivity index (χ1) is 3.79. The molecule has 0 bridgehead atoms. The molecule has 1 rings (SSSR count). The molecule has 0 aromatic rings. The number of hydrogen-bond donors (Lipinski definition) is 1. The Bertz CT molecular complexity index is 105. The van der Waals surface area contributed by atoms with Crippen molar-refractivity contribution in [2.75, 3.05) is 6.61 Å². The Morgan fingerprint density at radius 3 is 3.00 bits per heavy atom. The predicted octanol–water partition coefficient (Wildman–Crippen LogP) is 0.670. The summed E-state index contributed by atoms with van der Waals surface area (Å²) < 4.78 is 4.97. The van der Waals surface area contributed by atoms with Crippen LogP contribution >= 0.6 is 12.2 Å². The van der Waals surface area contributed by atoms with Crippen LogP contribution in [0.1, 0.15) is 13.3 Å². The molecule has 0 spiro atoms. The Morgan fingerprint density at radius 1 is 1.88 bits per heavy atom. The average molecular weight is 131 g/mol. The molecule has 1 aliphatic heterocycles. The zero-order chi connectivity index (χ0) is 5.98. The lowest BCUT2D eigenvalue weighted by Gasteiger charge is -2.21. The van der Waals surface area contributed by atoms with Gasteiger partial charge in [0.1, 0.15) is 0 Å². The monoisotopic (exact) mass is 131 g/mol. The van der Waals surface area contributed by atoms with Gasteiger partial charge in [0.05, 0.1) is 6.61 Å². The van der Waals surface area contributed by atoms with Gasteiger partial charge in [0, 0.05) is 12.5 Å². The summed E-state index contributed by atoms with van der Waals surface area (Å²) in [7, 11) is 0. The molecule has 0 radical (unpaired) electrons. The van der Waals surface area contributed by atoms with E-state index in [1.54, 1.807) is 0 Å². The van der Waals surface area contributed by atoms with Crippen molar-refractivity contribution in [1.82, 2.24) is 5.32 Å². The fraction of sp³-hybridized carbons (Fsp3) is 0.800. The van der Waals surface area contributed by atoms with E-state index in [1.807, 2.05) is 0 Å². The van der Waals surface area contributed by atoms with Gasteiger partial charge in [0.25, 0.3) is 5.17 Å². The topological polar surface area (TPSA) is 21.3 Å². The van der Waals surface area contributed by atoms with Crippen molar-refractivity contribution in [1.29, 1.82) is 0 Å². The van der Waals surface area contributed by atoms with Gasteiger partial charge in [-0.1, -0.05) is 0 Å². The van der Waals surface area contributed by atoms with Gasteiger partial charge < -0.3 is 10.1 Å². The Hall–Kier alpha value is -0.310. The molecular formula is C5H9NOS. The van der Waals surface area contributed by atoms with Gasteiger partial charge in [0.15, 0.2) is 0 Å². The Labute approximate surface area is 54.2 Å². The Balaban J connectivity index is 2.34. The SMILES string of the molecule is CC1CCOC(=S)N1. The molecule has 2 nitrogen and oxygen atoms in total. The molecule has 1 saturated heterocycles. The third-order valence-corrected chi connectivity index (χ3v) is 1.38. The minimum absolute atomic E-state index is 0.497. The maximum absolute atomic E-state index is 4.97. The average Bonchev–Trinajstić information content (AvgIpc) is 1.64. The fourth-order valence-corrected chi connectivity index (χ4v) is 0.928. The van der Waals surface area contributed by atoms with Crippen molar-refractivity contribution in [2.45, 2.75) is 19.4 Å². The second-order valence-electron chi connectivity index (χ2n) is 1.97. The summed E-state index contributed by atoms with van der Waals surface area (Å²) in [6.45, 7) is 2.86. The highest BCUT2D eigenvalue weighted by Crippen LogP contribution is 1.98. The van der Waals surface area contributed by atoms with Gasteiger partial charge in [-0.3, -0.25) is 0 Å². The summed E-state index contributed by atoms with van der Waals surface area (Å²) in [4.78, 5) is 0. The lowest BCUT2D eigenvalue weighted by Crippen LogP contribution is -2.38. The number of ether oxygens (including phenoxy) is 1. The quantitative estimate of drug-likeness (QED) is 0.488. The van der Waals surface area contributed by atoms with E-state index in [2.05, 4.69) is 12.2 Å². The van der Waals surface area contributed by atoms with Crippen LogP contribution in [0.5, 0.6) is 0 Å². The van der Waals surface area contributed by atoms with Crippen molar-refractivity contribution in [3.63, 3.8) is 0 Å². The summed E-state index contributed by atoms with van der Waals surface area (Å²) >= 11 is 4.75. The molecule has 0 aromatic carbocycles. The van der Waals surface area contributed by atoms with Crippen LogP contribution in [0.4, 0.5) is 0 Å². The van der Waals surface area contributed by atoms with Crippen LogP contribution < -0.4 is 5.32 Å². The minimum atomic E-state index is 0.497. The standard InChI is InChI=1S/C5H9NOS/c1-4-2-3-7-5(8)6-4/h4H,2-3H2,1H3,(H,6,8). The maximum atomic E-state index is 4.97. The summed E-state index contributed by atoms with van der Waals surface area (Å²) in [6, 6.07) is 0.497. The van der Waals surface area contributed by atoms with Crippen LogP contribution in [0.25, 0.3) is 0 Å². The molecule has 1 aliphatic rings. The van der Waals surface area contributed by atoms with Crippen molar-refractivity contribution in [3.8, 4) is 0 Å². The first-order valence-electron chi connectivity index (χ1n) is 2.72. The molecule has 3 heteroatoms. The van der Waals surface area contributed by atoms with Gasteiger partial charge in [-0.15, -0.1) is 0 Å². The molecule has 1 unspecified atom stereocenters. The first kappa shape index (κ1) is 5.82. The van der Waals surface area contributed by atoms with Gasteiger partial charge in [-0.2, -0.15) is 0 Å². The lowest BCUT2D eigenvalue weighted by atomic mass is 10.2. The number of hydrogen-bond acceptors (Lipinski definition) is 2. The largest absolute Gasteiger partial charge is 0.471 e. The fourth-order valence-electron chi connectivity index (χ4n) is 0.643. The highest BCUT2D eigenvalue weighted by Gasteiger charge is 2.10. The summed E-state index contributed by atoms with van der Waals surface area (Å²) in [5.74, 6) is 0. The van der Waals surface area contributed by atoms with E-state index in [0.29, 0.717) is 11.2 Å². The van der Waals surface area contributed by atoms with Crippen LogP contribution in [-0.4, -0.2) is 17.8 Å². The van der Waals surface area contributed by atoms with E-state index in [4.69, 9.17) is 17.0 Å². The molecule has 0 amide bonds. The van der Waals surface area contributed by atoms with Crippen molar-refractivity contribution < 1.29 is 4.74 Å². The highest BCUT2D eigenvalue weighted by molar-refractivity contribution is 7.80. The van der Waals surface area contributed by atoms with Crippen LogP contribution in [0.15, 0.2) is 0 Å². The second-order valence-corrected chi connectivity index (χ2v) is 2.34. The lowest BCUT2D eigenvalue weighted by molar-refractivity contribution is 0.242. The van der Waals surface area contributed by atoms with Crippen LogP contribution in [0, 0.1) is 0 Å². The normalized spacial score (nSPS) is 28.6. The van der Waals surface area contributed by atoms with Gasteiger partial charge in [0.2, 0.25) is 0 Å². The zero-order valence-electron chi connectivity index (χ0n) is 4.81. The Morgan fingerprint density at radius 2 is 2.62 bits per heavy atom. The van der Waals surface area contributed by atoms with Gasteiger partial charge >= 0.3 is 0 Å². The van der Waals surface area contributed by atoms with Crippen molar-refractivity contribution in [3.05, 3.63) is 0 Å². The number of nitrogens with one attached hydrogen (secondary N) is 1. The van der Waals surface area contributed by atoms with E-state index < -0.39 is 0 Å². The summed E-state index contributed by atoms with van der Waals surface area (Å²) in [6.07, 6.45) is 1.06. The van der Waals surface area contributed by atoms with E-state index in [1.165, 1.54) is 0 Å². The first-order valence-corrected chi connectivity index (χ1v) is 3.13. The Kier molecular flexibility index (Phi) is 1.68. The summed E-state index contributed by atoms with van der Waals surface area (Å²) in [5.41, 5.74) is 0. The molecule has 0 aromatic heterocycles. The third-order valence-electron chi connectivity index (χ3n) is 1.15. The maximum Gasteiger partial charge on any atom is 0.256 e. The number of thiocarbonyl (C=S) groups is 1. The molecule has 8 heavy (non-hydrogen) atoms. The van der Waals surface area contributed by atoms with E-state index in [-0.39, 0.29) is 0 Å². The molecule has 1 atom stereocenters. The van der Waals surface area contributed by atoms with E-state index >= 15 is 0 Å². The third kappa shape index (κ3) is 1.33. The van der Waals surface area contributed by atoms with E-state index in [9.17, 15) is 0 Å². The zero-order valence-corrected chi connectivity index (χ0v) is 5.62. The number of rotatable bonds is 0.